The maximum Gasteiger partial charge on any atom is 0.272 e. The number of hydrogen-bond donors (Lipinski definition) is 4. The summed E-state index contributed by atoms with van der Waals surface area (Å²) >= 11 is 0. The molecule has 0 unspecified atom stereocenters. The van der Waals surface area contributed by atoms with Gasteiger partial charge in [0, 0.05) is 31.3 Å². The monoisotopic (exact) mass is 377 g/mol. The largest absolute Gasteiger partial charge is 0.393 e. The smallest absolute Gasteiger partial charge is 0.272 e. The molecule has 1 amide bonds. The Morgan fingerprint density at radius 2 is 2.18 bits per heavy atom. The van der Waals surface area contributed by atoms with Crippen molar-refractivity contribution in [1.29, 1.82) is 5.41 Å². The summed E-state index contributed by atoms with van der Waals surface area (Å²) in [5, 5.41) is 13.9. The van der Waals surface area contributed by atoms with Gasteiger partial charge in [0.1, 0.15) is 17.7 Å². The van der Waals surface area contributed by atoms with Crippen molar-refractivity contribution in [1.82, 2.24) is 30.6 Å². The summed E-state index contributed by atoms with van der Waals surface area (Å²) in [6, 6.07) is 0. The summed E-state index contributed by atoms with van der Waals surface area (Å²) in [5.74, 6) is 1.01. The molecule has 0 aromatic carbocycles. The molecule has 0 spiro atoms. The topological polar surface area (TPSA) is 119 Å². The summed E-state index contributed by atoms with van der Waals surface area (Å²) in [5.41, 5.74) is 3.42. The van der Waals surface area contributed by atoms with Gasteiger partial charge in [0.05, 0.1) is 5.71 Å². The summed E-state index contributed by atoms with van der Waals surface area (Å²) in [6.45, 7) is 0.300. The SMILES string of the molecule is CN/C=C1\C(=N)C=CC=C1CNC(=O)c1ncnc2nc(C3CCCC3)[nH]c12. The highest BCUT2D eigenvalue weighted by atomic mass is 16.1. The number of H-pyrrole nitrogens is 1. The average Bonchev–Trinajstić information content (AvgIpc) is 3.37. The molecule has 2 aromatic heterocycles. The van der Waals surface area contributed by atoms with Gasteiger partial charge in [-0.15, -0.1) is 0 Å². The Labute approximate surface area is 162 Å². The number of nitrogens with zero attached hydrogens (tertiary/aromatic N) is 3. The average molecular weight is 377 g/mol. The second-order valence-corrected chi connectivity index (χ2v) is 7.02. The molecule has 1 fully saturated rings. The van der Waals surface area contributed by atoms with Gasteiger partial charge in [-0.05, 0) is 24.5 Å². The van der Waals surface area contributed by atoms with Crippen molar-refractivity contribution >= 4 is 22.8 Å². The highest BCUT2D eigenvalue weighted by molar-refractivity contribution is 6.11. The molecule has 0 bridgehead atoms. The number of fused-ring (bicyclic) bond motifs is 1. The van der Waals surface area contributed by atoms with Crippen molar-refractivity contribution in [2.75, 3.05) is 13.6 Å². The second kappa shape index (κ2) is 7.75. The van der Waals surface area contributed by atoms with Gasteiger partial charge in [-0.1, -0.05) is 25.0 Å². The molecule has 28 heavy (non-hydrogen) atoms. The van der Waals surface area contributed by atoms with Crippen LogP contribution in [0.4, 0.5) is 0 Å². The fourth-order valence-corrected chi connectivity index (χ4v) is 3.75. The molecular formula is C20H23N7O. The fourth-order valence-electron chi connectivity index (χ4n) is 3.75. The van der Waals surface area contributed by atoms with E-state index in [0.29, 0.717) is 35.0 Å². The van der Waals surface area contributed by atoms with E-state index in [9.17, 15) is 4.79 Å². The zero-order valence-electron chi connectivity index (χ0n) is 15.7. The van der Waals surface area contributed by atoms with Crippen LogP contribution in [0.5, 0.6) is 0 Å². The number of aromatic nitrogens is 4. The van der Waals surface area contributed by atoms with E-state index in [1.165, 1.54) is 19.2 Å². The number of rotatable bonds is 5. The highest BCUT2D eigenvalue weighted by Gasteiger charge is 2.23. The van der Waals surface area contributed by atoms with Gasteiger partial charge in [-0.25, -0.2) is 15.0 Å². The van der Waals surface area contributed by atoms with Gasteiger partial charge in [0.2, 0.25) is 0 Å². The Bertz CT molecular complexity index is 1010. The van der Waals surface area contributed by atoms with E-state index in [0.717, 1.165) is 29.8 Å². The zero-order chi connectivity index (χ0) is 19.5. The van der Waals surface area contributed by atoms with E-state index in [2.05, 4.69) is 30.6 Å². The molecule has 2 heterocycles. The first-order chi connectivity index (χ1) is 13.7. The minimum absolute atomic E-state index is 0.292. The van der Waals surface area contributed by atoms with E-state index in [-0.39, 0.29) is 5.91 Å². The summed E-state index contributed by atoms with van der Waals surface area (Å²) in [6.07, 6.45) is 13.2. The van der Waals surface area contributed by atoms with Crippen molar-refractivity contribution in [3.05, 3.63) is 53.4 Å². The summed E-state index contributed by atoms with van der Waals surface area (Å²) in [4.78, 5) is 29.1. The van der Waals surface area contributed by atoms with Crippen LogP contribution in [0.15, 0.2) is 41.9 Å². The molecule has 144 valence electrons. The predicted molar refractivity (Wildman–Crippen MR) is 107 cm³/mol. The molecule has 4 rings (SSSR count). The molecule has 1 saturated carbocycles. The third-order valence-corrected chi connectivity index (χ3v) is 5.19. The molecule has 0 aliphatic heterocycles. The van der Waals surface area contributed by atoms with Crippen molar-refractivity contribution in [2.45, 2.75) is 31.6 Å². The number of aromatic amines is 1. The Kier molecular flexibility index (Phi) is 5.01. The lowest BCUT2D eigenvalue weighted by atomic mass is 9.97. The molecule has 0 radical (unpaired) electrons. The molecule has 0 saturated heterocycles. The third-order valence-electron chi connectivity index (χ3n) is 5.19. The van der Waals surface area contributed by atoms with Crippen LogP contribution in [0.25, 0.3) is 11.2 Å². The van der Waals surface area contributed by atoms with E-state index < -0.39 is 0 Å². The first kappa shape index (κ1) is 18.1. The standard InChI is InChI=1S/C20H23N7O/c1-22-10-14-13(7-4-8-15(14)21)9-23-20(28)17-16-19(25-11-24-17)27-18(26-16)12-5-2-3-6-12/h4,7-8,10-12,21-22H,2-3,5-6,9H2,1H3,(H,23,28)(H,24,25,26,27)/b14-10-,21-15?. The van der Waals surface area contributed by atoms with E-state index >= 15 is 0 Å². The molecule has 4 N–H and O–H groups in total. The summed E-state index contributed by atoms with van der Waals surface area (Å²) in [7, 11) is 1.78. The molecular weight excluding hydrogens is 354 g/mol. The van der Waals surface area contributed by atoms with Crippen LogP contribution in [0, 0.1) is 5.41 Å². The highest BCUT2D eigenvalue weighted by Crippen LogP contribution is 2.33. The van der Waals surface area contributed by atoms with Gasteiger partial charge < -0.3 is 21.0 Å². The van der Waals surface area contributed by atoms with Crippen molar-refractivity contribution < 1.29 is 4.79 Å². The Morgan fingerprint density at radius 1 is 1.36 bits per heavy atom. The van der Waals surface area contributed by atoms with Crippen molar-refractivity contribution in [3.63, 3.8) is 0 Å². The Hall–Kier alpha value is -3.29. The minimum atomic E-state index is -0.292. The molecule has 2 aliphatic carbocycles. The van der Waals surface area contributed by atoms with Gasteiger partial charge in [-0.2, -0.15) is 0 Å². The van der Waals surface area contributed by atoms with Crippen molar-refractivity contribution in [3.8, 4) is 0 Å². The lowest BCUT2D eigenvalue weighted by molar-refractivity contribution is 0.0954. The number of hydrogen-bond acceptors (Lipinski definition) is 6. The number of amides is 1. The Balaban J connectivity index is 1.54. The number of allylic oxidation sites excluding steroid dienone is 3. The predicted octanol–water partition coefficient (Wildman–Crippen LogP) is 2.36. The van der Waals surface area contributed by atoms with Crippen molar-refractivity contribution in [2.24, 2.45) is 0 Å². The number of carbonyl (C=O) groups is 1. The van der Waals surface area contributed by atoms with Gasteiger partial charge in [0.25, 0.3) is 5.91 Å². The Morgan fingerprint density at radius 3 is 2.96 bits per heavy atom. The quantitative estimate of drug-likeness (QED) is 0.638. The number of carbonyl (C=O) groups excluding carboxylic acids is 1. The van der Waals surface area contributed by atoms with Crippen LogP contribution in [0.2, 0.25) is 0 Å². The molecule has 0 atom stereocenters. The molecule has 8 heteroatoms. The fraction of sp³-hybridized carbons (Fsp3) is 0.350. The minimum Gasteiger partial charge on any atom is -0.393 e. The molecule has 2 aromatic rings. The second-order valence-electron chi connectivity index (χ2n) is 7.02. The van der Waals surface area contributed by atoms with Gasteiger partial charge in [0.15, 0.2) is 11.3 Å². The number of imidazole rings is 1. The normalized spacial score (nSPS) is 18.7. The molecule has 2 aliphatic rings. The van der Waals surface area contributed by atoms with Crippen LogP contribution in [-0.2, 0) is 0 Å². The number of nitrogens with one attached hydrogen (secondary N) is 4. The van der Waals surface area contributed by atoms with E-state index in [4.69, 9.17) is 5.41 Å². The molecule has 8 nitrogen and oxygen atoms in total. The zero-order valence-corrected chi connectivity index (χ0v) is 15.7. The van der Waals surface area contributed by atoms with Crippen LogP contribution >= 0.6 is 0 Å². The lowest BCUT2D eigenvalue weighted by Crippen LogP contribution is -2.28. The maximum absolute atomic E-state index is 12.8. The van der Waals surface area contributed by atoms with Crippen LogP contribution in [-0.4, -0.2) is 45.1 Å². The van der Waals surface area contributed by atoms with Crippen LogP contribution < -0.4 is 10.6 Å². The lowest BCUT2D eigenvalue weighted by Gasteiger charge is -2.15. The third kappa shape index (κ3) is 3.45. The van der Waals surface area contributed by atoms with E-state index in [1.54, 1.807) is 19.3 Å². The first-order valence-corrected chi connectivity index (χ1v) is 9.50. The van der Waals surface area contributed by atoms with Gasteiger partial charge in [-0.3, -0.25) is 4.79 Å². The van der Waals surface area contributed by atoms with Crippen LogP contribution in [0.3, 0.4) is 0 Å². The maximum atomic E-state index is 12.8. The van der Waals surface area contributed by atoms with E-state index in [1.807, 2.05) is 12.2 Å². The first-order valence-electron chi connectivity index (χ1n) is 9.50. The summed E-state index contributed by atoms with van der Waals surface area (Å²) < 4.78 is 0. The van der Waals surface area contributed by atoms with Gasteiger partial charge >= 0.3 is 0 Å². The van der Waals surface area contributed by atoms with Crippen LogP contribution in [0.1, 0.15) is 47.9 Å².